The molecule has 2 aliphatic rings. The Morgan fingerprint density at radius 2 is 1.70 bits per heavy atom. The molecule has 0 spiro atoms. The van der Waals surface area contributed by atoms with Crippen LogP contribution in [-0.2, 0) is 12.1 Å². The molecule has 102 valence electrons. The van der Waals surface area contributed by atoms with Crippen molar-refractivity contribution >= 4 is 0 Å². The van der Waals surface area contributed by atoms with E-state index >= 15 is 0 Å². The third-order valence-corrected chi connectivity index (χ3v) is 4.94. The topological polar surface area (TPSA) is 29.3 Å². The summed E-state index contributed by atoms with van der Waals surface area (Å²) >= 11 is 0. The quantitative estimate of drug-likeness (QED) is 0.922. The van der Waals surface area contributed by atoms with Gasteiger partial charge in [-0.15, -0.1) is 0 Å². The number of rotatable bonds is 3. The highest BCUT2D eigenvalue weighted by molar-refractivity contribution is 5.39. The normalized spacial score (nSPS) is 23.6. The van der Waals surface area contributed by atoms with Gasteiger partial charge in [0.05, 0.1) is 0 Å². The molecule has 1 heterocycles. The molecule has 1 saturated carbocycles. The molecule has 4 rings (SSSR count). The van der Waals surface area contributed by atoms with Gasteiger partial charge in [0.2, 0.25) is 0 Å². The fourth-order valence-corrected chi connectivity index (χ4v) is 3.78. The van der Waals surface area contributed by atoms with Crippen LogP contribution in [0.5, 0.6) is 0 Å². The summed E-state index contributed by atoms with van der Waals surface area (Å²) in [5, 5.41) is 0. The predicted molar refractivity (Wildman–Crippen MR) is 81.1 cm³/mol. The summed E-state index contributed by atoms with van der Waals surface area (Å²) in [4.78, 5) is 2.63. The summed E-state index contributed by atoms with van der Waals surface area (Å²) in [7, 11) is 0. The molecule has 1 aliphatic carbocycles. The molecule has 1 atom stereocenters. The zero-order valence-electron chi connectivity index (χ0n) is 11.6. The van der Waals surface area contributed by atoms with Crippen molar-refractivity contribution in [1.29, 1.82) is 0 Å². The van der Waals surface area contributed by atoms with Gasteiger partial charge in [-0.1, -0.05) is 54.6 Å². The number of fused-ring (bicyclic) bond motifs is 1. The van der Waals surface area contributed by atoms with Gasteiger partial charge in [-0.3, -0.25) is 4.90 Å². The monoisotopic (exact) mass is 264 g/mol. The minimum atomic E-state index is 0.227. The van der Waals surface area contributed by atoms with E-state index in [2.05, 4.69) is 59.5 Å². The predicted octanol–water partition coefficient (Wildman–Crippen LogP) is 3.19. The molecule has 0 aromatic heterocycles. The van der Waals surface area contributed by atoms with E-state index in [4.69, 9.17) is 5.73 Å². The summed E-state index contributed by atoms with van der Waals surface area (Å²) in [5.41, 5.74) is 10.7. The maximum atomic E-state index is 6.10. The van der Waals surface area contributed by atoms with Crippen molar-refractivity contribution in [2.45, 2.75) is 31.0 Å². The van der Waals surface area contributed by atoms with Crippen LogP contribution in [0.15, 0.2) is 54.6 Å². The zero-order valence-corrected chi connectivity index (χ0v) is 11.6. The highest BCUT2D eigenvalue weighted by Gasteiger charge is 2.53. The largest absolute Gasteiger partial charge is 0.329 e. The fourth-order valence-electron chi connectivity index (χ4n) is 3.78. The van der Waals surface area contributed by atoms with Gasteiger partial charge in [0.15, 0.2) is 0 Å². The maximum Gasteiger partial charge on any atom is 0.0486 e. The number of benzene rings is 2. The van der Waals surface area contributed by atoms with Crippen LogP contribution in [0, 0.1) is 0 Å². The van der Waals surface area contributed by atoms with Crippen molar-refractivity contribution in [2.75, 3.05) is 6.54 Å². The smallest absolute Gasteiger partial charge is 0.0486 e. The van der Waals surface area contributed by atoms with E-state index in [-0.39, 0.29) is 5.54 Å². The molecule has 1 fully saturated rings. The van der Waals surface area contributed by atoms with E-state index in [1.165, 1.54) is 29.5 Å². The summed E-state index contributed by atoms with van der Waals surface area (Å²) in [6, 6.07) is 20.1. The van der Waals surface area contributed by atoms with Gasteiger partial charge in [-0.05, 0) is 29.5 Å². The van der Waals surface area contributed by atoms with Crippen molar-refractivity contribution in [3.8, 4) is 0 Å². The van der Waals surface area contributed by atoms with Crippen LogP contribution in [0.1, 0.15) is 35.6 Å². The Hall–Kier alpha value is -1.64. The van der Waals surface area contributed by atoms with Crippen LogP contribution in [-0.4, -0.2) is 11.4 Å². The summed E-state index contributed by atoms with van der Waals surface area (Å²) in [6.45, 7) is 1.73. The molecule has 2 aromatic carbocycles. The average Bonchev–Trinajstić information content (AvgIpc) is 3.23. The molecule has 2 nitrogen and oxygen atoms in total. The van der Waals surface area contributed by atoms with Crippen LogP contribution in [0.4, 0.5) is 0 Å². The highest BCUT2D eigenvalue weighted by atomic mass is 15.3. The molecule has 0 bridgehead atoms. The first-order chi connectivity index (χ1) is 9.85. The molecule has 0 saturated heterocycles. The Kier molecular flexibility index (Phi) is 2.69. The number of hydrogen-bond donors (Lipinski definition) is 1. The van der Waals surface area contributed by atoms with Crippen LogP contribution in [0.2, 0.25) is 0 Å². The Balaban J connectivity index is 1.74. The maximum absolute atomic E-state index is 6.10. The van der Waals surface area contributed by atoms with Crippen LogP contribution < -0.4 is 5.73 Å². The Labute approximate surface area is 120 Å². The molecule has 2 N–H and O–H groups in total. The van der Waals surface area contributed by atoms with Gasteiger partial charge in [0, 0.05) is 24.7 Å². The average molecular weight is 264 g/mol. The van der Waals surface area contributed by atoms with Gasteiger partial charge < -0.3 is 5.73 Å². The Bertz CT molecular complexity index is 616. The van der Waals surface area contributed by atoms with E-state index in [9.17, 15) is 0 Å². The van der Waals surface area contributed by atoms with E-state index in [0.717, 1.165) is 6.54 Å². The van der Waals surface area contributed by atoms with Gasteiger partial charge in [-0.25, -0.2) is 0 Å². The third kappa shape index (κ3) is 1.65. The van der Waals surface area contributed by atoms with E-state index in [1.54, 1.807) is 0 Å². The lowest BCUT2D eigenvalue weighted by Crippen LogP contribution is -2.37. The number of nitrogens with zero attached hydrogens (tertiary/aromatic N) is 1. The number of hydrogen-bond acceptors (Lipinski definition) is 2. The molecule has 0 radical (unpaired) electrons. The van der Waals surface area contributed by atoms with Crippen LogP contribution in [0.3, 0.4) is 0 Å². The molecule has 1 aliphatic heterocycles. The van der Waals surface area contributed by atoms with Crippen LogP contribution >= 0.6 is 0 Å². The Morgan fingerprint density at radius 1 is 1.00 bits per heavy atom. The first-order valence-electron chi connectivity index (χ1n) is 7.45. The SMILES string of the molecule is NCC1c2ccccc2CN1C1(c2ccccc2)CC1. The lowest BCUT2D eigenvalue weighted by molar-refractivity contribution is 0.129. The van der Waals surface area contributed by atoms with E-state index in [1.807, 2.05) is 0 Å². The zero-order chi connectivity index (χ0) is 13.6. The second-order valence-corrected chi connectivity index (χ2v) is 5.98. The van der Waals surface area contributed by atoms with Crippen molar-refractivity contribution in [2.24, 2.45) is 5.73 Å². The number of nitrogens with two attached hydrogens (primary N) is 1. The molecular formula is C18H20N2. The van der Waals surface area contributed by atoms with Gasteiger partial charge in [0.1, 0.15) is 0 Å². The van der Waals surface area contributed by atoms with Gasteiger partial charge in [-0.2, -0.15) is 0 Å². The summed E-state index contributed by atoms with van der Waals surface area (Å²) < 4.78 is 0. The van der Waals surface area contributed by atoms with Crippen molar-refractivity contribution in [3.63, 3.8) is 0 Å². The second-order valence-electron chi connectivity index (χ2n) is 5.98. The minimum Gasteiger partial charge on any atom is -0.329 e. The molecule has 20 heavy (non-hydrogen) atoms. The highest BCUT2D eigenvalue weighted by Crippen LogP contribution is 2.56. The standard InChI is InChI=1S/C18H20N2/c19-12-17-16-9-5-4-6-14(16)13-20(17)18(10-11-18)15-7-2-1-3-8-15/h1-9,17H,10-13,19H2. The summed E-state index contributed by atoms with van der Waals surface area (Å²) in [5.74, 6) is 0. The van der Waals surface area contributed by atoms with E-state index in [0.29, 0.717) is 12.6 Å². The van der Waals surface area contributed by atoms with Crippen molar-refractivity contribution in [1.82, 2.24) is 4.90 Å². The first kappa shape index (κ1) is 12.1. The third-order valence-electron chi connectivity index (χ3n) is 4.94. The first-order valence-corrected chi connectivity index (χ1v) is 7.45. The minimum absolute atomic E-state index is 0.227. The fraction of sp³-hybridized carbons (Fsp3) is 0.333. The molecular weight excluding hydrogens is 244 g/mol. The van der Waals surface area contributed by atoms with Gasteiger partial charge >= 0.3 is 0 Å². The van der Waals surface area contributed by atoms with Crippen molar-refractivity contribution in [3.05, 3.63) is 71.3 Å². The lowest BCUT2D eigenvalue weighted by atomic mass is 10.0. The Morgan fingerprint density at radius 3 is 2.40 bits per heavy atom. The van der Waals surface area contributed by atoms with Crippen molar-refractivity contribution < 1.29 is 0 Å². The summed E-state index contributed by atoms with van der Waals surface area (Å²) in [6.07, 6.45) is 2.50. The molecule has 1 unspecified atom stereocenters. The van der Waals surface area contributed by atoms with Gasteiger partial charge in [0.25, 0.3) is 0 Å². The lowest BCUT2D eigenvalue weighted by Gasteiger charge is -2.33. The molecule has 2 aromatic rings. The van der Waals surface area contributed by atoms with E-state index < -0.39 is 0 Å². The molecule has 0 amide bonds. The molecule has 2 heteroatoms. The van der Waals surface area contributed by atoms with Crippen LogP contribution in [0.25, 0.3) is 0 Å². The second kappa shape index (κ2) is 4.44.